The molecule has 2 unspecified atom stereocenters. The van der Waals surface area contributed by atoms with Crippen molar-refractivity contribution in [2.45, 2.75) is 18.9 Å². The van der Waals surface area contributed by atoms with Gasteiger partial charge in [-0.2, -0.15) is 11.8 Å². The van der Waals surface area contributed by atoms with Crippen molar-refractivity contribution in [1.29, 1.82) is 0 Å². The highest BCUT2D eigenvalue weighted by molar-refractivity contribution is 7.99. The Morgan fingerprint density at radius 3 is 3.00 bits per heavy atom. The molecular weight excluding hydrogens is 256 g/mol. The van der Waals surface area contributed by atoms with Gasteiger partial charge in [-0.3, -0.25) is 0 Å². The third-order valence-corrected chi connectivity index (χ3v) is 4.71. The highest BCUT2D eigenvalue weighted by Gasteiger charge is 2.23. The van der Waals surface area contributed by atoms with Gasteiger partial charge in [0, 0.05) is 0 Å². The Morgan fingerprint density at radius 2 is 2.35 bits per heavy atom. The summed E-state index contributed by atoms with van der Waals surface area (Å²) in [4.78, 5) is 0. The number of halogens is 1. The van der Waals surface area contributed by atoms with Crippen LogP contribution in [-0.4, -0.2) is 23.7 Å². The molecule has 0 saturated carbocycles. The number of methoxy groups -OCH3 is 1. The van der Waals surface area contributed by atoms with Crippen molar-refractivity contribution in [2.75, 3.05) is 18.6 Å². The molecule has 4 heteroatoms. The number of ether oxygens (including phenoxy) is 1. The number of aliphatic hydroxyl groups is 1. The first-order chi connectivity index (χ1) is 8.22. The summed E-state index contributed by atoms with van der Waals surface area (Å²) in [5.41, 5.74) is 0.902. The molecule has 94 valence electrons. The van der Waals surface area contributed by atoms with Crippen LogP contribution in [0.3, 0.4) is 0 Å². The highest BCUT2D eigenvalue weighted by atomic mass is 35.5. The van der Waals surface area contributed by atoms with Crippen molar-refractivity contribution in [3.63, 3.8) is 0 Å². The summed E-state index contributed by atoms with van der Waals surface area (Å²) >= 11 is 7.90. The summed E-state index contributed by atoms with van der Waals surface area (Å²) in [6.45, 7) is 0. The van der Waals surface area contributed by atoms with Crippen molar-refractivity contribution in [1.82, 2.24) is 0 Å². The maximum atomic E-state index is 10.3. The van der Waals surface area contributed by atoms with Gasteiger partial charge in [-0.15, -0.1) is 0 Å². The van der Waals surface area contributed by atoms with Crippen LogP contribution in [0.4, 0.5) is 0 Å². The molecule has 1 aromatic rings. The van der Waals surface area contributed by atoms with Crippen LogP contribution >= 0.6 is 23.4 Å². The van der Waals surface area contributed by atoms with Gasteiger partial charge in [0.2, 0.25) is 0 Å². The van der Waals surface area contributed by atoms with Gasteiger partial charge in [0.25, 0.3) is 0 Å². The molecule has 1 N–H and O–H groups in total. The molecule has 1 fully saturated rings. The zero-order valence-electron chi connectivity index (χ0n) is 9.86. The lowest BCUT2D eigenvalue weighted by molar-refractivity contribution is 0.113. The molecule has 0 radical (unpaired) electrons. The van der Waals surface area contributed by atoms with Crippen LogP contribution in [0.25, 0.3) is 0 Å². The number of hydrogen-bond acceptors (Lipinski definition) is 3. The van der Waals surface area contributed by atoms with Crippen molar-refractivity contribution in [2.24, 2.45) is 5.92 Å². The predicted octanol–water partition coefficient (Wildman–Crippen LogP) is 3.53. The van der Waals surface area contributed by atoms with Crippen LogP contribution in [0.2, 0.25) is 5.02 Å². The van der Waals surface area contributed by atoms with Gasteiger partial charge in [0.05, 0.1) is 18.2 Å². The monoisotopic (exact) mass is 272 g/mol. The van der Waals surface area contributed by atoms with Crippen LogP contribution in [0.5, 0.6) is 5.75 Å². The number of thioether (sulfide) groups is 1. The standard InChI is InChI=1S/C13H17ClO2S/c1-16-12-7-9(4-5-11(12)14)13(15)10-3-2-6-17-8-10/h4-5,7,10,13,15H,2-3,6,8H2,1H3. The van der Waals surface area contributed by atoms with E-state index in [0.29, 0.717) is 16.7 Å². The first-order valence-electron chi connectivity index (χ1n) is 5.81. The predicted molar refractivity (Wildman–Crippen MR) is 73.0 cm³/mol. The second-order valence-corrected chi connectivity index (χ2v) is 5.87. The van der Waals surface area contributed by atoms with Gasteiger partial charge in [-0.1, -0.05) is 17.7 Å². The largest absolute Gasteiger partial charge is 0.495 e. The summed E-state index contributed by atoms with van der Waals surface area (Å²) in [7, 11) is 1.59. The van der Waals surface area contributed by atoms with E-state index in [9.17, 15) is 5.11 Å². The van der Waals surface area contributed by atoms with Crippen LogP contribution in [0, 0.1) is 5.92 Å². The van der Waals surface area contributed by atoms with E-state index in [1.165, 1.54) is 12.2 Å². The molecular formula is C13H17ClO2S. The molecule has 1 aromatic carbocycles. The molecule has 1 aliphatic rings. The van der Waals surface area contributed by atoms with Gasteiger partial charge < -0.3 is 9.84 Å². The van der Waals surface area contributed by atoms with E-state index in [0.717, 1.165) is 17.7 Å². The molecule has 1 saturated heterocycles. The highest BCUT2D eigenvalue weighted by Crippen LogP contribution is 2.35. The minimum atomic E-state index is -0.408. The summed E-state index contributed by atoms with van der Waals surface area (Å²) in [6, 6.07) is 5.51. The Kier molecular flexibility index (Phi) is 4.60. The Morgan fingerprint density at radius 1 is 1.53 bits per heavy atom. The van der Waals surface area contributed by atoms with Gasteiger partial charge in [-0.05, 0) is 48.0 Å². The second-order valence-electron chi connectivity index (χ2n) is 4.32. The molecule has 17 heavy (non-hydrogen) atoms. The maximum Gasteiger partial charge on any atom is 0.137 e. The van der Waals surface area contributed by atoms with Crippen LogP contribution in [0.1, 0.15) is 24.5 Å². The van der Waals surface area contributed by atoms with E-state index in [1.54, 1.807) is 13.2 Å². The quantitative estimate of drug-likeness (QED) is 0.913. The summed E-state index contributed by atoms with van der Waals surface area (Å²) in [5, 5.41) is 10.9. The normalized spacial score (nSPS) is 22.2. The maximum absolute atomic E-state index is 10.3. The fraction of sp³-hybridized carbons (Fsp3) is 0.538. The molecule has 0 bridgehead atoms. The third-order valence-electron chi connectivity index (χ3n) is 3.16. The molecule has 0 aromatic heterocycles. The SMILES string of the molecule is COc1cc(C(O)C2CCCSC2)ccc1Cl. The number of rotatable bonds is 3. The van der Waals surface area contributed by atoms with Gasteiger partial charge in [-0.25, -0.2) is 0 Å². The minimum Gasteiger partial charge on any atom is -0.495 e. The van der Waals surface area contributed by atoms with E-state index < -0.39 is 6.10 Å². The molecule has 2 atom stereocenters. The molecule has 0 spiro atoms. The smallest absolute Gasteiger partial charge is 0.137 e. The molecule has 1 aliphatic heterocycles. The average molecular weight is 273 g/mol. The van der Waals surface area contributed by atoms with Crippen LogP contribution < -0.4 is 4.74 Å². The van der Waals surface area contributed by atoms with Crippen molar-refractivity contribution < 1.29 is 9.84 Å². The van der Waals surface area contributed by atoms with Crippen LogP contribution in [0.15, 0.2) is 18.2 Å². The fourth-order valence-electron chi connectivity index (χ4n) is 2.15. The first-order valence-corrected chi connectivity index (χ1v) is 7.35. The zero-order chi connectivity index (χ0) is 12.3. The fourth-order valence-corrected chi connectivity index (χ4v) is 3.53. The number of hydrogen-bond donors (Lipinski definition) is 1. The van der Waals surface area contributed by atoms with E-state index in [4.69, 9.17) is 16.3 Å². The zero-order valence-corrected chi connectivity index (χ0v) is 11.4. The minimum absolute atomic E-state index is 0.347. The Labute approximate surface area is 111 Å². The number of benzene rings is 1. The molecule has 2 rings (SSSR count). The summed E-state index contributed by atoms with van der Waals surface area (Å²) in [5.74, 6) is 3.23. The van der Waals surface area contributed by atoms with E-state index in [1.807, 2.05) is 23.9 Å². The average Bonchev–Trinajstić information content (AvgIpc) is 2.39. The Balaban J connectivity index is 2.15. The second kappa shape index (κ2) is 5.98. The Hall–Kier alpha value is -0.380. The molecule has 0 aliphatic carbocycles. The lowest BCUT2D eigenvalue weighted by Crippen LogP contribution is -2.19. The van der Waals surface area contributed by atoms with Gasteiger partial charge in [0.1, 0.15) is 5.75 Å². The van der Waals surface area contributed by atoms with E-state index >= 15 is 0 Å². The third kappa shape index (κ3) is 3.09. The topological polar surface area (TPSA) is 29.5 Å². The first kappa shape index (κ1) is 13.1. The lowest BCUT2D eigenvalue weighted by Gasteiger charge is -2.26. The molecule has 1 heterocycles. The van der Waals surface area contributed by atoms with E-state index in [2.05, 4.69) is 0 Å². The van der Waals surface area contributed by atoms with Gasteiger partial charge >= 0.3 is 0 Å². The van der Waals surface area contributed by atoms with E-state index in [-0.39, 0.29) is 0 Å². The van der Waals surface area contributed by atoms with Gasteiger partial charge in [0.15, 0.2) is 0 Å². The summed E-state index contributed by atoms with van der Waals surface area (Å²) in [6.07, 6.45) is 1.88. The number of aliphatic hydroxyl groups excluding tert-OH is 1. The lowest BCUT2D eigenvalue weighted by atomic mass is 9.93. The Bertz CT molecular complexity index is 378. The van der Waals surface area contributed by atoms with Crippen LogP contribution in [-0.2, 0) is 0 Å². The summed E-state index contributed by atoms with van der Waals surface area (Å²) < 4.78 is 5.17. The van der Waals surface area contributed by atoms with Crippen molar-refractivity contribution >= 4 is 23.4 Å². The van der Waals surface area contributed by atoms with Crippen molar-refractivity contribution in [3.05, 3.63) is 28.8 Å². The van der Waals surface area contributed by atoms with Crippen molar-refractivity contribution in [3.8, 4) is 5.75 Å². The molecule has 0 amide bonds. The molecule has 2 nitrogen and oxygen atoms in total.